The maximum absolute atomic E-state index is 6.13. The summed E-state index contributed by atoms with van der Waals surface area (Å²) in [6.45, 7) is 1.08. The second-order valence-corrected chi connectivity index (χ2v) is 5.52. The largest absolute Gasteiger partial charge is 0.468 e. The van der Waals surface area contributed by atoms with Gasteiger partial charge in [0.25, 0.3) is 0 Å². The fourth-order valence-electron chi connectivity index (χ4n) is 3.63. The lowest BCUT2D eigenvalue weighted by molar-refractivity contribution is -0.0378. The highest BCUT2D eigenvalue weighted by molar-refractivity contribution is 6.29. The number of likely N-dealkylation sites (N-methyl/N-ethyl adjacent to an activating group) is 1. The summed E-state index contributed by atoms with van der Waals surface area (Å²) in [5.41, 5.74) is 1.27. The van der Waals surface area contributed by atoms with Crippen molar-refractivity contribution in [2.45, 2.75) is 30.4 Å². The van der Waals surface area contributed by atoms with Crippen molar-refractivity contribution in [2.75, 3.05) is 13.6 Å². The van der Waals surface area contributed by atoms with Gasteiger partial charge in [-0.15, -0.1) is 0 Å². The van der Waals surface area contributed by atoms with Crippen LogP contribution in [0, 0.1) is 0 Å². The first kappa shape index (κ1) is 9.25. The van der Waals surface area contributed by atoms with Crippen molar-refractivity contribution in [3.05, 3.63) is 22.8 Å². The van der Waals surface area contributed by atoms with E-state index in [-0.39, 0.29) is 5.60 Å². The van der Waals surface area contributed by atoms with Crippen LogP contribution in [0.1, 0.15) is 24.3 Å². The van der Waals surface area contributed by atoms with E-state index in [0.29, 0.717) is 17.1 Å². The summed E-state index contributed by atoms with van der Waals surface area (Å²) in [5, 5.41) is 0.527. The minimum Gasteiger partial charge on any atom is -0.468 e. The van der Waals surface area contributed by atoms with Crippen molar-refractivity contribution in [3.8, 4) is 5.88 Å². The van der Waals surface area contributed by atoms with Gasteiger partial charge in [-0.3, -0.25) is 4.90 Å². The van der Waals surface area contributed by atoms with Crippen LogP contribution in [0.3, 0.4) is 0 Å². The molecule has 1 saturated heterocycles. The molecule has 1 unspecified atom stereocenters. The lowest BCUT2D eigenvalue weighted by atomic mass is 9.69. The lowest BCUT2D eigenvalue weighted by Gasteiger charge is -2.45. The van der Waals surface area contributed by atoms with E-state index < -0.39 is 0 Å². The van der Waals surface area contributed by atoms with Crippen molar-refractivity contribution < 1.29 is 4.74 Å². The van der Waals surface area contributed by atoms with Crippen LogP contribution in [-0.2, 0) is 0 Å². The maximum atomic E-state index is 6.13. The van der Waals surface area contributed by atoms with Crippen molar-refractivity contribution >= 4 is 11.6 Å². The molecule has 4 heteroatoms. The van der Waals surface area contributed by atoms with Crippen LogP contribution < -0.4 is 4.74 Å². The summed E-state index contributed by atoms with van der Waals surface area (Å²) >= 11 is 5.91. The van der Waals surface area contributed by atoms with Gasteiger partial charge in [0.1, 0.15) is 10.8 Å². The Morgan fingerprint density at radius 1 is 1.56 bits per heavy atom. The number of aromatic nitrogens is 1. The number of halogens is 1. The molecule has 16 heavy (non-hydrogen) atoms. The zero-order chi connectivity index (χ0) is 10.9. The molecule has 1 aromatic heterocycles. The fraction of sp³-hybridized carbons (Fsp3) is 0.583. The minimum atomic E-state index is 0.0226. The van der Waals surface area contributed by atoms with Crippen molar-refractivity contribution in [3.63, 3.8) is 0 Å². The second kappa shape index (κ2) is 2.71. The molecular weight excluding hydrogens is 224 g/mol. The molecule has 1 spiro atoms. The van der Waals surface area contributed by atoms with E-state index in [1.165, 1.54) is 12.0 Å². The monoisotopic (exact) mass is 236 g/mol. The Labute approximate surface area is 99.4 Å². The van der Waals surface area contributed by atoms with Crippen LogP contribution in [0.4, 0.5) is 0 Å². The van der Waals surface area contributed by atoms with Gasteiger partial charge in [-0.1, -0.05) is 17.7 Å². The number of nitrogens with zero attached hydrogens (tertiary/aromatic N) is 2. The number of pyridine rings is 1. The van der Waals surface area contributed by atoms with Crippen molar-refractivity contribution in [1.82, 2.24) is 9.88 Å². The first-order chi connectivity index (χ1) is 7.71. The predicted octanol–water partition coefficient (Wildman–Crippen LogP) is 2.06. The molecular formula is C12H13ClN2O. The zero-order valence-electron chi connectivity index (χ0n) is 9.11. The van der Waals surface area contributed by atoms with Gasteiger partial charge >= 0.3 is 0 Å². The molecule has 1 saturated carbocycles. The molecule has 1 aliphatic carbocycles. The average Bonchev–Trinajstić information content (AvgIpc) is 2.60. The summed E-state index contributed by atoms with van der Waals surface area (Å²) in [6, 6.07) is 4.53. The van der Waals surface area contributed by atoms with E-state index in [2.05, 4.69) is 23.0 Å². The van der Waals surface area contributed by atoms with Crippen molar-refractivity contribution in [1.29, 1.82) is 0 Å². The highest BCUT2D eigenvalue weighted by Crippen LogP contribution is 2.59. The Morgan fingerprint density at radius 2 is 2.44 bits per heavy atom. The molecule has 0 bridgehead atoms. The standard InChI is InChI=1S/C12H13ClN2O/c1-15-6-8-7-2-3-10(13)14-11(7)16-12(8)5-4-9(12)15/h2-3,8-9H,4-6H2,1H3/t8-,9-,12?/m0/s1. The molecule has 84 valence electrons. The molecule has 3 aliphatic rings. The number of hydrogen-bond donors (Lipinski definition) is 0. The number of rotatable bonds is 0. The molecule has 2 aliphatic heterocycles. The van der Waals surface area contributed by atoms with E-state index in [1.807, 2.05) is 6.07 Å². The third-order valence-corrected chi connectivity index (χ3v) is 4.69. The Bertz CT molecular complexity index is 478. The predicted molar refractivity (Wildman–Crippen MR) is 61.0 cm³/mol. The third-order valence-electron chi connectivity index (χ3n) is 4.48. The van der Waals surface area contributed by atoms with E-state index in [0.717, 1.165) is 18.8 Å². The Morgan fingerprint density at radius 3 is 3.19 bits per heavy atom. The van der Waals surface area contributed by atoms with Crippen LogP contribution in [-0.4, -0.2) is 35.1 Å². The van der Waals surface area contributed by atoms with Gasteiger partial charge in [0.2, 0.25) is 5.88 Å². The molecule has 0 radical (unpaired) electrons. The van der Waals surface area contributed by atoms with Gasteiger partial charge in [-0.05, 0) is 26.0 Å². The second-order valence-electron chi connectivity index (χ2n) is 5.13. The third kappa shape index (κ3) is 0.882. The topological polar surface area (TPSA) is 25.4 Å². The van der Waals surface area contributed by atoms with Gasteiger partial charge in [-0.25, -0.2) is 4.98 Å². The van der Waals surface area contributed by atoms with E-state index >= 15 is 0 Å². The molecule has 3 nitrogen and oxygen atoms in total. The van der Waals surface area contributed by atoms with E-state index in [4.69, 9.17) is 16.3 Å². The van der Waals surface area contributed by atoms with Crippen LogP contribution in [0.15, 0.2) is 12.1 Å². The summed E-state index contributed by atoms with van der Waals surface area (Å²) in [7, 11) is 2.19. The molecule has 1 aromatic rings. The average molecular weight is 237 g/mol. The molecule has 0 aromatic carbocycles. The quantitative estimate of drug-likeness (QED) is 0.645. The normalized spacial score (nSPS) is 39.6. The van der Waals surface area contributed by atoms with E-state index in [1.54, 1.807) is 0 Å². The number of likely N-dealkylation sites (tertiary alicyclic amines) is 1. The van der Waals surface area contributed by atoms with Crippen LogP contribution in [0.5, 0.6) is 5.88 Å². The SMILES string of the molecule is CN1C[C@H]2c3ccc(Cl)nc3OC23CC[C@H]13. The first-order valence-corrected chi connectivity index (χ1v) is 6.14. The first-order valence-electron chi connectivity index (χ1n) is 5.76. The highest BCUT2D eigenvalue weighted by Gasteiger charge is 2.65. The molecule has 4 rings (SSSR count). The van der Waals surface area contributed by atoms with Gasteiger partial charge in [0.15, 0.2) is 0 Å². The van der Waals surface area contributed by atoms with Crippen LogP contribution >= 0.6 is 11.6 Å². The van der Waals surface area contributed by atoms with Gasteiger partial charge < -0.3 is 4.74 Å². The van der Waals surface area contributed by atoms with Gasteiger partial charge in [0.05, 0.1) is 0 Å². The summed E-state index contributed by atoms with van der Waals surface area (Å²) in [4.78, 5) is 6.72. The van der Waals surface area contributed by atoms with E-state index in [9.17, 15) is 0 Å². The maximum Gasteiger partial charge on any atom is 0.219 e. The molecule has 0 N–H and O–H groups in total. The van der Waals surface area contributed by atoms with Crippen LogP contribution in [0.2, 0.25) is 5.15 Å². The lowest BCUT2D eigenvalue weighted by Crippen LogP contribution is -2.56. The van der Waals surface area contributed by atoms with Gasteiger partial charge in [0, 0.05) is 24.1 Å². The molecule has 2 fully saturated rings. The molecule has 0 amide bonds. The number of ether oxygens (including phenoxy) is 1. The zero-order valence-corrected chi connectivity index (χ0v) is 9.87. The summed E-state index contributed by atoms with van der Waals surface area (Å²) < 4.78 is 6.13. The molecule has 3 heterocycles. The minimum absolute atomic E-state index is 0.0226. The van der Waals surface area contributed by atoms with Crippen LogP contribution in [0.25, 0.3) is 0 Å². The highest BCUT2D eigenvalue weighted by atomic mass is 35.5. The number of hydrogen-bond acceptors (Lipinski definition) is 3. The Hall–Kier alpha value is -0.800. The Balaban J connectivity index is 1.85. The van der Waals surface area contributed by atoms with Crippen molar-refractivity contribution in [2.24, 2.45) is 0 Å². The number of fused-ring (bicyclic) bond motifs is 2. The fourth-order valence-corrected chi connectivity index (χ4v) is 3.77. The summed E-state index contributed by atoms with van der Waals surface area (Å²) in [5.74, 6) is 1.27. The smallest absolute Gasteiger partial charge is 0.219 e. The Kier molecular flexibility index (Phi) is 1.57. The van der Waals surface area contributed by atoms with Gasteiger partial charge in [-0.2, -0.15) is 0 Å². The molecule has 3 atom stereocenters. The summed E-state index contributed by atoms with van der Waals surface area (Å²) in [6.07, 6.45) is 2.40.